The molecule has 0 saturated heterocycles. The molecular formula is C17H18N4O2S. The van der Waals surface area contributed by atoms with E-state index in [-0.39, 0.29) is 10.7 Å². The molecule has 1 heterocycles. The Balaban J connectivity index is 2.19. The lowest BCUT2D eigenvalue weighted by Gasteiger charge is -2.21. The monoisotopic (exact) mass is 342 g/mol. The molecule has 0 fully saturated rings. The van der Waals surface area contributed by atoms with Crippen molar-refractivity contribution >= 4 is 15.8 Å². The van der Waals surface area contributed by atoms with Gasteiger partial charge in [0.2, 0.25) is 10.0 Å². The van der Waals surface area contributed by atoms with Crippen LogP contribution in [0, 0.1) is 11.3 Å². The molecule has 6 nitrogen and oxygen atoms in total. The molecule has 0 unspecified atom stereocenters. The predicted octanol–water partition coefficient (Wildman–Crippen LogP) is 1.99. The van der Waals surface area contributed by atoms with E-state index in [1.165, 1.54) is 19.2 Å². The zero-order valence-corrected chi connectivity index (χ0v) is 14.2. The summed E-state index contributed by atoms with van der Waals surface area (Å²) in [6, 6.07) is 8.66. The van der Waals surface area contributed by atoms with Crippen molar-refractivity contribution in [3.8, 4) is 17.2 Å². The molecule has 0 radical (unpaired) electrons. The van der Waals surface area contributed by atoms with Crippen LogP contribution < -0.4 is 10.5 Å². The second kappa shape index (κ2) is 6.23. The third-order valence-electron chi connectivity index (χ3n) is 4.34. The summed E-state index contributed by atoms with van der Waals surface area (Å²) in [6.45, 7) is 0. The number of nitrogens with zero attached hydrogens (tertiary/aromatic N) is 2. The van der Waals surface area contributed by atoms with Gasteiger partial charge in [0.05, 0.1) is 4.90 Å². The number of nitrogens with two attached hydrogens (primary N) is 1. The Hall–Kier alpha value is -2.43. The highest BCUT2D eigenvalue weighted by molar-refractivity contribution is 7.89. The first-order chi connectivity index (χ1) is 11.5. The standard InChI is InChI=1S/C17H18N4O2S/c1-20-24(22,23)12-8-6-11(7-9-12)16-13-4-2-3-5-15(13)21-17(19)14(16)10-18/h6-9,20H,2-5H2,1H3,(H2,19,21). The van der Waals surface area contributed by atoms with E-state index in [0.29, 0.717) is 5.56 Å². The lowest BCUT2D eigenvalue weighted by atomic mass is 9.87. The number of sulfonamides is 1. The van der Waals surface area contributed by atoms with Gasteiger partial charge in [0.1, 0.15) is 17.5 Å². The largest absolute Gasteiger partial charge is 0.383 e. The fourth-order valence-corrected chi connectivity index (χ4v) is 3.84. The van der Waals surface area contributed by atoms with Crippen LogP contribution in [0.4, 0.5) is 5.82 Å². The second-order valence-electron chi connectivity index (χ2n) is 5.72. The smallest absolute Gasteiger partial charge is 0.240 e. The minimum absolute atomic E-state index is 0.183. The Bertz CT molecular complexity index is 929. The number of benzene rings is 1. The summed E-state index contributed by atoms with van der Waals surface area (Å²) < 4.78 is 26.0. The van der Waals surface area contributed by atoms with Crippen molar-refractivity contribution in [1.29, 1.82) is 5.26 Å². The highest BCUT2D eigenvalue weighted by Gasteiger charge is 2.22. The minimum Gasteiger partial charge on any atom is -0.383 e. The van der Waals surface area contributed by atoms with Crippen molar-refractivity contribution in [3.63, 3.8) is 0 Å². The summed E-state index contributed by atoms with van der Waals surface area (Å²) in [7, 11) is -2.12. The van der Waals surface area contributed by atoms with Crippen LogP contribution in [-0.2, 0) is 22.9 Å². The van der Waals surface area contributed by atoms with Crippen LogP contribution >= 0.6 is 0 Å². The molecule has 0 bridgehead atoms. The SMILES string of the molecule is CNS(=O)(=O)c1ccc(-c2c(C#N)c(N)nc3c2CCCC3)cc1. The fraction of sp³-hybridized carbons (Fsp3) is 0.294. The number of nitrogens with one attached hydrogen (secondary N) is 1. The van der Waals surface area contributed by atoms with Crippen molar-refractivity contribution in [2.45, 2.75) is 30.6 Å². The molecular weight excluding hydrogens is 324 g/mol. The fourth-order valence-electron chi connectivity index (χ4n) is 3.11. The van der Waals surface area contributed by atoms with Gasteiger partial charge in [-0.3, -0.25) is 0 Å². The van der Waals surface area contributed by atoms with Gasteiger partial charge in [-0.05, 0) is 56.0 Å². The number of anilines is 1. The van der Waals surface area contributed by atoms with Crippen LogP contribution in [0.2, 0.25) is 0 Å². The summed E-state index contributed by atoms with van der Waals surface area (Å²) in [4.78, 5) is 4.57. The maximum atomic E-state index is 11.9. The van der Waals surface area contributed by atoms with Gasteiger partial charge in [0.15, 0.2) is 0 Å². The number of fused-ring (bicyclic) bond motifs is 1. The van der Waals surface area contributed by atoms with E-state index in [2.05, 4.69) is 15.8 Å². The minimum atomic E-state index is -3.49. The van der Waals surface area contributed by atoms with Gasteiger partial charge in [-0.2, -0.15) is 5.26 Å². The van der Waals surface area contributed by atoms with Gasteiger partial charge >= 0.3 is 0 Å². The lowest BCUT2D eigenvalue weighted by molar-refractivity contribution is 0.588. The summed E-state index contributed by atoms with van der Waals surface area (Å²) in [5, 5.41) is 9.51. The van der Waals surface area contributed by atoms with Crippen LogP contribution in [0.3, 0.4) is 0 Å². The number of nitrogen functional groups attached to an aromatic ring is 1. The third kappa shape index (κ3) is 2.75. The molecule has 3 rings (SSSR count). The Labute approximate surface area is 141 Å². The zero-order chi connectivity index (χ0) is 17.3. The third-order valence-corrected chi connectivity index (χ3v) is 5.77. The average Bonchev–Trinajstić information content (AvgIpc) is 2.60. The molecule has 0 atom stereocenters. The number of hydrogen-bond acceptors (Lipinski definition) is 5. The van der Waals surface area contributed by atoms with Crippen molar-refractivity contribution in [3.05, 3.63) is 41.1 Å². The highest BCUT2D eigenvalue weighted by Crippen LogP contribution is 2.36. The maximum Gasteiger partial charge on any atom is 0.240 e. The van der Waals surface area contributed by atoms with Crippen molar-refractivity contribution in [2.24, 2.45) is 0 Å². The molecule has 3 N–H and O–H groups in total. The molecule has 1 aromatic heterocycles. The maximum absolute atomic E-state index is 11.9. The van der Waals surface area contributed by atoms with E-state index in [0.717, 1.165) is 48.1 Å². The van der Waals surface area contributed by atoms with Crippen LogP contribution in [0.25, 0.3) is 11.1 Å². The Kier molecular flexibility index (Phi) is 4.26. The summed E-state index contributed by atoms with van der Waals surface area (Å²) in [5.74, 6) is 0.236. The van der Waals surface area contributed by atoms with Gasteiger partial charge in [-0.25, -0.2) is 18.1 Å². The summed E-state index contributed by atoms with van der Waals surface area (Å²) >= 11 is 0. The molecule has 7 heteroatoms. The van der Waals surface area contributed by atoms with Gasteiger partial charge in [-0.1, -0.05) is 12.1 Å². The molecule has 0 amide bonds. The molecule has 124 valence electrons. The van der Waals surface area contributed by atoms with Gasteiger partial charge in [-0.15, -0.1) is 0 Å². The van der Waals surface area contributed by atoms with E-state index in [9.17, 15) is 13.7 Å². The molecule has 1 aliphatic carbocycles. The Morgan fingerprint density at radius 1 is 1.21 bits per heavy atom. The highest BCUT2D eigenvalue weighted by atomic mass is 32.2. The quantitative estimate of drug-likeness (QED) is 0.886. The van der Waals surface area contributed by atoms with Gasteiger partial charge in [0, 0.05) is 11.3 Å². The van der Waals surface area contributed by atoms with Crippen molar-refractivity contribution < 1.29 is 8.42 Å². The first-order valence-corrected chi connectivity index (χ1v) is 9.21. The summed E-state index contributed by atoms with van der Waals surface area (Å²) in [5.41, 5.74) is 9.90. The first kappa shape index (κ1) is 16.4. The van der Waals surface area contributed by atoms with E-state index in [4.69, 9.17) is 5.73 Å². The van der Waals surface area contributed by atoms with E-state index >= 15 is 0 Å². The normalized spacial score (nSPS) is 14.0. The number of hydrogen-bond donors (Lipinski definition) is 2. The average molecular weight is 342 g/mol. The number of nitriles is 1. The Morgan fingerprint density at radius 3 is 2.50 bits per heavy atom. The molecule has 1 aliphatic rings. The molecule has 24 heavy (non-hydrogen) atoms. The van der Waals surface area contributed by atoms with Crippen LogP contribution in [0.1, 0.15) is 29.7 Å². The Morgan fingerprint density at radius 2 is 1.88 bits per heavy atom. The molecule has 0 saturated carbocycles. The molecule has 0 spiro atoms. The molecule has 1 aromatic carbocycles. The zero-order valence-electron chi connectivity index (χ0n) is 13.3. The van der Waals surface area contributed by atoms with Gasteiger partial charge < -0.3 is 5.73 Å². The number of aryl methyl sites for hydroxylation is 1. The number of aromatic nitrogens is 1. The van der Waals surface area contributed by atoms with Crippen LogP contribution in [0.5, 0.6) is 0 Å². The topological polar surface area (TPSA) is 109 Å². The predicted molar refractivity (Wildman–Crippen MR) is 91.7 cm³/mol. The molecule has 2 aromatic rings. The van der Waals surface area contributed by atoms with E-state index in [1.54, 1.807) is 12.1 Å². The lowest BCUT2D eigenvalue weighted by Crippen LogP contribution is -2.18. The van der Waals surface area contributed by atoms with E-state index < -0.39 is 10.0 Å². The van der Waals surface area contributed by atoms with Crippen LogP contribution in [-0.4, -0.2) is 20.4 Å². The van der Waals surface area contributed by atoms with Crippen molar-refractivity contribution in [1.82, 2.24) is 9.71 Å². The number of pyridine rings is 1. The van der Waals surface area contributed by atoms with E-state index in [1.807, 2.05) is 0 Å². The number of rotatable bonds is 3. The van der Waals surface area contributed by atoms with Gasteiger partial charge in [0.25, 0.3) is 0 Å². The molecule has 0 aliphatic heterocycles. The summed E-state index contributed by atoms with van der Waals surface area (Å²) in [6.07, 6.45) is 3.81. The first-order valence-electron chi connectivity index (χ1n) is 7.73. The second-order valence-corrected chi connectivity index (χ2v) is 7.61. The van der Waals surface area contributed by atoms with Crippen molar-refractivity contribution in [2.75, 3.05) is 12.8 Å². The van der Waals surface area contributed by atoms with Crippen LogP contribution in [0.15, 0.2) is 29.2 Å².